The van der Waals surface area contributed by atoms with Gasteiger partial charge in [0, 0.05) is 10.9 Å². The van der Waals surface area contributed by atoms with Crippen molar-refractivity contribution in [1.29, 1.82) is 0 Å². The molecule has 0 fully saturated rings. The molecule has 1 atom stereocenters. The molecule has 80 valence electrons. The lowest BCUT2D eigenvalue weighted by Crippen LogP contribution is -2.22. The van der Waals surface area contributed by atoms with Gasteiger partial charge >= 0.3 is 0 Å². The van der Waals surface area contributed by atoms with E-state index in [-0.39, 0.29) is 0 Å². The van der Waals surface area contributed by atoms with E-state index in [1.54, 1.807) is 11.3 Å². The summed E-state index contributed by atoms with van der Waals surface area (Å²) in [5, 5.41) is 3.31. The molecule has 14 heavy (non-hydrogen) atoms. The van der Waals surface area contributed by atoms with E-state index in [0.29, 0.717) is 6.04 Å². The summed E-state index contributed by atoms with van der Waals surface area (Å²) in [5.41, 5.74) is 0. The molecule has 1 aromatic rings. The van der Waals surface area contributed by atoms with Crippen LogP contribution in [0.3, 0.4) is 0 Å². The summed E-state index contributed by atoms with van der Waals surface area (Å²) in [7, 11) is 6.18. The Hall–Kier alpha value is -0.0900. The lowest BCUT2D eigenvalue weighted by atomic mass is 10.1. The Kier molecular flexibility index (Phi) is 4.89. The monoisotopic (exact) mass is 232 g/mol. The van der Waals surface area contributed by atoms with Crippen LogP contribution in [-0.4, -0.2) is 32.6 Å². The Morgan fingerprint density at radius 2 is 2.21 bits per heavy atom. The van der Waals surface area contributed by atoms with Gasteiger partial charge in [0.25, 0.3) is 0 Å². The summed E-state index contributed by atoms with van der Waals surface area (Å²) in [6, 6.07) is 4.49. The molecule has 0 aliphatic carbocycles. The largest absolute Gasteiger partial charge is 0.312 e. The van der Waals surface area contributed by atoms with Gasteiger partial charge in [-0.15, -0.1) is 11.3 Å². The van der Waals surface area contributed by atoms with Crippen LogP contribution in [0.2, 0.25) is 4.34 Å². The molecule has 0 saturated heterocycles. The minimum absolute atomic E-state index is 0.426. The zero-order valence-corrected chi connectivity index (χ0v) is 10.5. The highest BCUT2D eigenvalue weighted by Crippen LogP contribution is 2.28. The summed E-state index contributed by atoms with van der Waals surface area (Å²) in [5.74, 6) is 0. The first-order valence-electron chi connectivity index (χ1n) is 4.70. The van der Waals surface area contributed by atoms with Crippen molar-refractivity contribution >= 4 is 22.9 Å². The fraction of sp³-hybridized carbons (Fsp3) is 0.600. The first-order chi connectivity index (χ1) is 6.63. The van der Waals surface area contributed by atoms with Crippen molar-refractivity contribution in [2.45, 2.75) is 12.5 Å². The maximum absolute atomic E-state index is 5.90. The van der Waals surface area contributed by atoms with E-state index < -0.39 is 0 Å². The highest BCUT2D eigenvalue weighted by Gasteiger charge is 2.11. The third kappa shape index (κ3) is 3.58. The number of thiophene rings is 1. The van der Waals surface area contributed by atoms with Crippen LogP contribution in [0.15, 0.2) is 12.1 Å². The molecule has 0 aromatic carbocycles. The number of nitrogens with zero attached hydrogens (tertiary/aromatic N) is 1. The third-order valence-electron chi connectivity index (χ3n) is 2.15. The fourth-order valence-electron chi connectivity index (χ4n) is 1.33. The van der Waals surface area contributed by atoms with Gasteiger partial charge in [-0.1, -0.05) is 11.6 Å². The molecular weight excluding hydrogens is 216 g/mol. The van der Waals surface area contributed by atoms with Crippen molar-refractivity contribution in [3.05, 3.63) is 21.3 Å². The topological polar surface area (TPSA) is 15.3 Å². The van der Waals surface area contributed by atoms with Gasteiger partial charge in [0.1, 0.15) is 0 Å². The van der Waals surface area contributed by atoms with Crippen LogP contribution in [0.4, 0.5) is 0 Å². The number of halogens is 1. The van der Waals surface area contributed by atoms with Gasteiger partial charge in [-0.2, -0.15) is 0 Å². The van der Waals surface area contributed by atoms with Gasteiger partial charge in [0.05, 0.1) is 4.34 Å². The van der Waals surface area contributed by atoms with Crippen LogP contribution in [0.5, 0.6) is 0 Å². The molecule has 1 N–H and O–H groups in total. The quantitative estimate of drug-likeness (QED) is 0.840. The van der Waals surface area contributed by atoms with Gasteiger partial charge in [-0.05, 0) is 46.2 Å². The molecule has 0 aliphatic rings. The van der Waals surface area contributed by atoms with Gasteiger partial charge < -0.3 is 10.2 Å². The summed E-state index contributed by atoms with van der Waals surface area (Å²) >= 11 is 7.56. The normalized spacial score (nSPS) is 13.5. The number of hydrogen-bond acceptors (Lipinski definition) is 3. The smallest absolute Gasteiger partial charge is 0.0931 e. The Morgan fingerprint density at radius 3 is 2.64 bits per heavy atom. The predicted molar refractivity (Wildman–Crippen MR) is 64.3 cm³/mol. The number of nitrogens with one attached hydrogen (secondary N) is 1. The molecule has 1 rings (SSSR count). The first kappa shape index (κ1) is 12.0. The second-order valence-electron chi connectivity index (χ2n) is 3.58. The Morgan fingerprint density at radius 1 is 1.50 bits per heavy atom. The van der Waals surface area contributed by atoms with Gasteiger partial charge in [-0.3, -0.25) is 0 Å². The number of hydrogen-bond donors (Lipinski definition) is 1. The lowest BCUT2D eigenvalue weighted by molar-refractivity contribution is 0.370. The van der Waals surface area contributed by atoms with Crippen molar-refractivity contribution in [3.63, 3.8) is 0 Å². The molecule has 2 nitrogen and oxygen atoms in total. The van der Waals surface area contributed by atoms with E-state index in [0.717, 1.165) is 17.3 Å². The molecule has 1 aromatic heterocycles. The van der Waals surface area contributed by atoms with E-state index >= 15 is 0 Å². The predicted octanol–water partition coefficient (Wildman–Crippen LogP) is 2.61. The second kappa shape index (κ2) is 5.71. The van der Waals surface area contributed by atoms with Gasteiger partial charge in [0.15, 0.2) is 0 Å². The standard InChI is InChI=1S/C10H17ClN2S/c1-12-8(6-7-13(2)3)9-4-5-10(11)14-9/h4-5,8,12H,6-7H2,1-3H3. The van der Waals surface area contributed by atoms with Crippen molar-refractivity contribution in [3.8, 4) is 0 Å². The SMILES string of the molecule is CNC(CCN(C)C)c1ccc(Cl)s1. The summed E-state index contributed by atoms with van der Waals surface area (Å²) in [6.45, 7) is 1.08. The summed E-state index contributed by atoms with van der Waals surface area (Å²) < 4.78 is 0.866. The third-order valence-corrected chi connectivity index (χ3v) is 3.50. The minimum atomic E-state index is 0.426. The summed E-state index contributed by atoms with van der Waals surface area (Å²) in [4.78, 5) is 3.51. The summed E-state index contributed by atoms with van der Waals surface area (Å²) in [6.07, 6.45) is 1.11. The van der Waals surface area contributed by atoms with Crippen LogP contribution in [0, 0.1) is 0 Å². The highest BCUT2D eigenvalue weighted by atomic mass is 35.5. The zero-order chi connectivity index (χ0) is 10.6. The minimum Gasteiger partial charge on any atom is -0.312 e. The first-order valence-corrected chi connectivity index (χ1v) is 5.90. The van der Waals surface area contributed by atoms with Gasteiger partial charge in [0.2, 0.25) is 0 Å². The Bertz CT molecular complexity index is 273. The molecule has 0 bridgehead atoms. The average molecular weight is 233 g/mol. The molecule has 0 saturated carbocycles. The van der Waals surface area contributed by atoms with E-state index in [1.807, 2.05) is 13.1 Å². The van der Waals surface area contributed by atoms with Crippen LogP contribution >= 0.6 is 22.9 Å². The highest BCUT2D eigenvalue weighted by molar-refractivity contribution is 7.16. The molecule has 0 aliphatic heterocycles. The van der Waals surface area contributed by atoms with Crippen LogP contribution in [0.1, 0.15) is 17.3 Å². The Balaban J connectivity index is 2.54. The second-order valence-corrected chi connectivity index (χ2v) is 5.32. The molecule has 0 radical (unpaired) electrons. The molecule has 0 amide bonds. The lowest BCUT2D eigenvalue weighted by Gasteiger charge is -2.17. The molecule has 1 heterocycles. The Labute approximate surface area is 94.9 Å². The van der Waals surface area contributed by atoms with Crippen LogP contribution in [-0.2, 0) is 0 Å². The maximum Gasteiger partial charge on any atom is 0.0931 e. The van der Waals surface area contributed by atoms with Gasteiger partial charge in [-0.25, -0.2) is 0 Å². The van der Waals surface area contributed by atoms with Crippen molar-refractivity contribution < 1.29 is 0 Å². The molecule has 0 spiro atoms. The molecule has 1 unspecified atom stereocenters. The average Bonchev–Trinajstić information content (AvgIpc) is 2.53. The van der Waals surface area contributed by atoms with E-state index in [4.69, 9.17) is 11.6 Å². The van der Waals surface area contributed by atoms with Crippen LogP contribution < -0.4 is 5.32 Å². The van der Waals surface area contributed by atoms with Crippen molar-refractivity contribution in [2.75, 3.05) is 27.7 Å². The molecular formula is C10H17ClN2S. The number of rotatable bonds is 5. The van der Waals surface area contributed by atoms with Crippen molar-refractivity contribution in [2.24, 2.45) is 0 Å². The molecule has 4 heteroatoms. The zero-order valence-electron chi connectivity index (χ0n) is 8.88. The fourth-order valence-corrected chi connectivity index (χ4v) is 2.54. The van der Waals surface area contributed by atoms with E-state index in [9.17, 15) is 0 Å². The maximum atomic E-state index is 5.90. The van der Waals surface area contributed by atoms with E-state index in [2.05, 4.69) is 30.4 Å². The van der Waals surface area contributed by atoms with Crippen LogP contribution in [0.25, 0.3) is 0 Å². The van der Waals surface area contributed by atoms with Crippen molar-refractivity contribution in [1.82, 2.24) is 10.2 Å². The van der Waals surface area contributed by atoms with E-state index in [1.165, 1.54) is 4.88 Å².